The molecule has 0 saturated carbocycles. The molecule has 2 aromatic rings. The van der Waals surface area contributed by atoms with Gasteiger partial charge in [0.2, 0.25) is 5.91 Å². The van der Waals surface area contributed by atoms with Gasteiger partial charge in [-0.1, -0.05) is 36.4 Å². The maximum atomic E-state index is 12.5. The molecule has 1 heterocycles. The Morgan fingerprint density at radius 2 is 2.15 bits per heavy atom. The van der Waals surface area contributed by atoms with Gasteiger partial charge < -0.3 is 9.64 Å². The van der Waals surface area contributed by atoms with Crippen LogP contribution < -0.4 is 0 Å². The van der Waals surface area contributed by atoms with E-state index in [-0.39, 0.29) is 23.5 Å². The summed E-state index contributed by atoms with van der Waals surface area (Å²) in [6.45, 7) is 6.39. The van der Waals surface area contributed by atoms with E-state index < -0.39 is 0 Å². The second-order valence-electron chi connectivity index (χ2n) is 6.06. The predicted molar refractivity (Wildman–Crippen MR) is 105 cm³/mol. The Labute approximate surface area is 168 Å². The molecule has 0 N–H and O–H groups in total. The number of ether oxygens (including phenoxy) is 1. The number of halogens is 1. The first kappa shape index (κ1) is 21.2. The number of benzene rings is 1. The zero-order chi connectivity index (χ0) is 20.0. The molecule has 0 aliphatic carbocycles. The molecule has 9 heteroatoms. The number of nitrogens with zero attached hydrogens (tertiary/aromatic N) is 4. The molecule has 0 radical (unpaired) electrons. The van der Waals surface area contributed by atoms with Crippen LogP contribution in [0.25, 0.3) is 5.69 Å². The van der Waals surface area contributed by atoms with Gasteiger partial charge in [-0.2, -0.15) is 0 Å². The van der Waals surface area contributed by atoms with E-state index in [1.165, 1.54) is 18.9 Å². The lowest BCUT2D eigenvalue weighted by Crippen LogP contribution is -2.38. The van der Waals surface area contributed by atoms with Crippen LogP contribution in [0.15, 0.2) is 29.7 Å². The van der Waals surface area contributed by atoms with Crippen molar-refractivity contribution in [1.29, 1.82) is 0 Å². The van der Waals surface area contributed by atoms with Crippen molar-refractivity contribution in [3.63, 3.8) is 0 Å². The minimum absolute atomic E-state index is 0.0743. The number of rotatable bonds is 8. The molecular formula is C18H23ClN4O3S. The SMILES string of the molecule is CCN(CC(C)C(=O)OC)C(=O)CSc1nncn1-c1ccc(C)c(Cl)c1. The largest absolute Gasteiger partial charge is 0.469 e. The molecule has 2 rings (SSSR count). The number of hydrogen-bond donors (Lipinski definition) is 0. The van der Waals surface area contributed by atoms with Crippen LogP contribution in [0.5, 0.6) is 0 Å². The van der Waals surface area contributed by atoms with Gasteiger partial charge in [0, 0.05) is 18.1 Å². The van der Waals surface area contributed by atoms with Gasteiger partial charge in [-0.25, -0.2) is 0 Å². The number of methoxy groups -OCH3 is 1. The smallest absolute Gasteiger partial charge is 0.310 e. The average Bonchev–Trinajstić information content (AvgIpc) is 3.13. The fourth-order valence-corrected chi connectivity index (χ4v) is 3.47. The van der Waals surface area contributed by atoms with E-state index in [2.05, 4.69) is 10.2 Å². The third-order valence-electron chi connectivity index (χ3n) is 4.11. The van der Waals surface area contributed by atoms with Crippen LogP contribution >= 0.6 is 23.4 Å². The number of carbonyl (C=O) groups is 2. The third kappa shape index (κ3) is 5.46. The first-order valence-electron chi connectivity index (χ1n) is 8.52. The Balaban J connectivity index is 2.04. The van der Waals surface area contributed by atoms with Gasteiger partial charge in [-0.05, 0) is 31.5 Å². The maximum absolute atomic E-state index is 12.5. The monoisotopic (exact) mass is 410 g/mol. The quantitative estimate of drug-likeness (QED) is 0.491. The number of aryl methyl sites for hydroxylation is 1. The van der Waals surface area contributed by atoms with Crippen LogP contribution in [0.2, 0.25) is 5.02 Å². The lowest BCUT2D eigenvalue weighted by atomic mass is 10.1. The van der Waals surface area contributed by atoms with E-state index in [4.69, 9.17) is 16.3 Å². The fourth-order valence-electron chi connectivity index (χ4n) is 2.46. The Bertz CT molecular complexity index is 812. The molecule has 146 valence electrons. The van der Waals surface area contributed by atoms with Crippen LogP contribution in [0.3, 0.4) is 0 Å². The van der Waals surface area contributed by atoms with Crippen molar-refractivity contribution < 1.29 is 14.3 Å². The third-order valence-corrected chi connectivity index (χ3v) is 5.44. The van der Waals surface area contributed by atoms with Gasteiger partial charge in [0.25, 0.3) is 0 Å². The second-order valence-corrected chi connectivity index (χ2v) is 7.41. The summed E-state index contributed by atoms with van der Waals surface area (Å²) in [5, 5.41) is 9.28. The molecule has 27 heavy (non-hydrogen) atoms. The predicted octanol–water partition coefficient (Wildman–Crippen LogP) is 2.98. The summed E-state index contributed by atoms with van der Waals surface area (Å²) in [5.74, 6) is -0.582. The highest BCUT2D eigenvalue weighted by molar-refractivity contribution is 7.99. The van der Waals surface area contributed by atoms with Gasteiger partial charge in [0.15, 0.2) is 5.16 Å². The Kier molecular flexibility index (Phi) is 7.67. The highest BCUT2D eigenvalue weighted by Gasteiger charge is 2.21. The Morgan fingerprint density at radius 1 is 1.41 bits per heavy atom. The lowest BCUT2D eigenvalue weighted by molar-refractivity contribution is -0.146. The Hall–Kier alpha value is -2.06. The van der Waals surface area contributed by atoms with Crippen molar-refractivity contribution in [3.05, 3.63) is 35.1 Å². The molecule has 0 bridgehead atoms. The highest BCUT2D eigenvalue weighted by Crippen LogP contribution is 2.24. The summed E-state index contributed by atoms with van der Waals surface area (Å²) < 4.78 is 6.51. The Morgan fingerprint density at radius 3 is 2.78 bits per heavy atom. The first-order valence-corrected chi connectivity index (χ1v) is 9.88. The molecule has 0 spiro atoms. The van der Waals surface area contributed by atoms with E-state index in [0.29, 0.717) is 23.3 Å². The molecule has 1 aromatic carbocycles. The van der Waals surface area contributed by atoms with Crippen molar-refractivity contribution >= 4 is 35.2 Å². The zero-order valence-electron chi connectivity index (χ0n) is 15.8. The van der Waals surface area contributed by atoms with Crippen molar-refractivity contribution in [1.82, 2.24) is 19.7 Å². The van der Waals surface area contributed by atoms with E-state index in [1.807, 2.05) is 32.0 Å². The van der Waals surface area contributed by atoms with E-state index >= 15 is 0 Å². The first-order chi connectivity index (χ1) is 12.9. The number of hydrogen-bond acceptors (Lipinski definition) is 6. The van der Waals surface area contributed by atoms with E-state index in [9.17, 15) is 9.59 Å². The summed E-state index contributed by atoms with van der Waals surface area (Å²) in [7, 11) is 1.34. The molecule has 0 aliphatic rings. The summed E-state index contributed by atoms with van der Waals surface area (Å²) in [6, 6.07) is 5.68. The summed E-state index contributed by atoms with van der Waals surface area (Å²) in [6.07, 6.45) is 1.59. The minimum atomic E-state index is -0.373. The molecule has 7 nitrogen and oxygen atoms in total. The molecule has 1 atom stereocenters. The van der Waals surface area contributed by atoms with Crippen LogP contribution in [-0.4, -0.2) is 57.5 Å². The number of thioether (sulfide) groups is 1. The highest BCUT2D eigenvalue weighted by atomic mass is 35.5. The van der Waals surface area contributed by atoms with Gasteiger partial charge in [-0.15, -0.1) is 10.2 Å². The maximum Gasteiger partial charge on any atom is 0.310 e. The van der Waals surface area contributed by atoms with Crippen molar-refractivity contribution in [3.8, 4) is 5.69 Å². The molecule has 0 fully saturated rings. The molecule has 0 saturated heterocycles. The van der Waals surface area contributed by atoms with Crippen LogP contribution in [0, 0.1) is 12.8 Å². The zero-order valence-corrected chi connectivity index (χ0v) is 17.4. The fraction of sp³-hybridized carbons (Fsp3) is 0.444. The summed E-state index contributed by atoms with van der Waals surface area (Å²) >= 11 is 7.49. The van der Waals surface area contributed by atoms with E-state index in [0.717, 1.165) is 11.3 Å². The lowest BCUT2D eigenvalue weighted by Gasteiger charge is -2.23. The number of amides is 1. The normalized spacial score (nSPS) is 11.9. The summed E-state index contributed by atoms with van der Waals surface area (Å²) in [5.41, 5.74) is 1.81. The molecule has 0 aliphatic heterocycles. The number of esters is 1. The standard InChI is InChI=1S/C18H23ClN4O3S/c1-5-22(9-13(3)17(25)26-4)16(24)10-27-18-21-20-11-23(18)14-7-6-12(2)15(19)8-14/h6-8,11,13H,5,9-10H2,1-4H3. The topological polar surface area (TPSA) is 77.3 Å². The number of aromatic nitrogens is 3. The second kappa shape index (κ2) is 9.75. The summed E-state index contributed by atoms with van der Waals surface area (Å²) in [4.78, 5) is 25.8. The van der Waals surface area contributed by atoms with Gasteiger partial charge in [0.05, 0.1) is 24.5 Å². The van der Waals surface area contributed by atoms with Crippen LogP contribution in [0.1, 0.15) is 19.4 Å². The minimum Gasteiger partial charge on any atom is -0.469 e. The van der Waals surface area contributed by atoms with Gasteiger partial charge in [-0.3, -0.25) is 14.2 Å². The molecule has 1 amide bonds. The van der Waals surface area contributed by atoms with Gasteiger partial charge >= 0.3 is 5.97 Å². The van der Waals surface area contributed by atoms with Crippen molar-refractivity contribution in [2.24, 2.45) is 5.92 Å². The average molecular weight is 411 g/mol. The molecule has 1 unspecified atom stereocenters. The van der Waals surface area contributed by atoms with Crippen molar-refractivity contribution in [2.75, 3.05) is 26.0 Å². The van der Waals surface area contributed by atoms with Crippen LogP contribution in [-0.2, 0) is 14.3 Å². The van der Waals surface area contributed by atoms with Crippen LogP contribution in [0.4, 0.5) is 0 Å². The van der Waals surface area contributed by atoms with Crippen molar-refractivity contribution in [2.45, 2.75) is 25.9 Å². The molecule has 1 aromatic heterocycles. The number of carbonyl (C=O) groups excluding carboxylic acids is 2. The van der Waals surface area contributed by atoms with E-state index in [1.54, 1.807) is 22.7 Å². The molecular weight excluding hydrogens is 388 g/mol. The van der Waals surface area contributed by atoms with Gasteiger partial charge in [0.1, 0.15) is 6.33 Å².